The molecule has 0 saturated heterocycles. The van der Waals surface area contributed by atoms with Gasteiger partial charge in [-0.25, -0.2) is 0 Å². The van der Waals surface area contributed by atoms with Crippen LogP contribution in [0.25, 0.3) is 0 Å². The van der Waals surface area contributed by atoms with Crippen molar-refractivity contribution in [1.82, 2.24) is 0 Å². The monoisotopic (exact) mass is 306 g/mol. The van der Waals surface area contributed by atoms with Gasteiger partial charge >= 0.3 is 0 Å². The standard InChI is InChI=1S/C15H15BrO2/c1-17-14-9-12(16)10-15(18-2)13(14)8-11-6-4-3-5-7-11/h3-7,9-10H,8H2,1-2H3. The Bertz CT molecular complexity index is 498. The molecule has 0 bridgehead atoms. The molecule has 0 atom stereocenters. The summed E-state index contributed by atoms with van der Waals surface area (Å²) in [5, 5.41) is 0. The summed E-state index contributed by atoms with van der Waals surface area (Å²) in [6.45, 7) is 0. The highest BCUT2D eigenvalue weighted by Crippen LogP contribution is 2.34. The molecule has 0 saturated carbocycles. The fourth-order valence-corrected chi connectivity index (χ4v) is 2.34. The lowest BCUT2D eigenvalue weighted by molar-refractivity contribution is 0.386. The van der Waals surface area contributed by atoms with Crippen LogP contribution in [0.5, 0.6) is 11.5 Å². The number of rotatable bonds is 4. The maximum absolute atomic E-state index is 5.43. The van der Waals surface area contributed by atoms with E-state index in [0.717, 1.165) is 28.0 Å². The molecule has 0 radical (unpaired) electrons. The number of ether oxygens (including phenoxy) is 2. The maximum Gasteiger partial charge on any atom is 0.127 e. The molecule has 0 unspecified atom stereocenters. The highest BCUT2D eigenvalue weighted by atomic mass is 79.9. The molecule has 94 valence electrons. The van der Waals surface area contributed by atoms with Crippen molar-refractivity contribution in [2.75, 3.05) is 14.2 Å². The topological polar surface area (TPSA) is 18.5 Å². The molecule has 0 N–H and O–H groups in total. The van der Waals surface area contributed by atoms with Gasteiger partial charge < -0.3 is 9.47 Å². The van der Waals surface area contributed by atoms with Crippen molar-refractivity contribution in [2.45, 2.75) is 6.42 Å². The molecule has 3 heteroatoms. The van der Waals surface area contributed by atoms with Crippen LogP contribution in [0, 0.1) is 0 Å². The zero-order valence-corrected chi connectivity index (χ0v) is 12.0. The van der Waals surface area contributed by atoms with Crippen LogP contribution in [0.15, 0.2) is 46.9 Å². The predicted molar refractivity (Wildman–Crippen MR) is 76.5 cm³/mol. The Kier molecular flexibility index (Phi) is 4.26. The smallest absolute Gasteiger partial charge is 0.127 e. The lowest BCUT2D eigenvalue weighted by atomic mass is 10.0. The SMILES string of the molecule is COc1cc(Br)cc(OC)c1Cc1ccccc1. The molecule has 0 spiro atoms. The van der Waals surface area contributed by atoms with Gasteiger partial charge in [-0.3, -0.25) is 0 Å². The van der Waals surface area contributed by atoms with Crippen molar-refractivity contribution in [3.63, 3.8) is 0 Å². The first-order valence-electron chi connectivity index (χ1n) is 5.69. The van der Waals surface area contributed by atoms with E-state index in [4.69, 9.17) is 9.47 Å². The fourth-order valence-electron chi connectivity index (χ4n) is 1.93. The average molecular weight is 307 g/mol. The molecule has 0 heterocycles. The minimum absolute atomic E-state index is 0.792. The maximum atomic E-state index is 5.43. The number of hydrogen-bond donors (Lipinski definition) is 0. The summed E-state index contributed by atoms with van der Waals surface area (Å²) in [7, 11) is 3.35. The van der Waals surface area contributed by atoms with Crippen LogP contribution in [0.2, 0.25) is 0 Å². The second kappa shape index (κ2) is 5.91. The first-order valence-corrected chi connectivity index (χ1v) is 6.48. The van der Waals surface area contributed by atoms with E-state index >= 15 is 0 Å². The summed E-state index contributed by atoms with van der Waals surface area (Å²) in [4.78, 5) is 0. The van der Waals surface area contributed by atoms with E-state index in [1.54, 1.807) is 14.2 Å². The Morgan fingerprint density at radius 3 is 2.00 bits per heavy atom. The fraction of sp³-hybridized carbons (Fsp3) is 0.200. The molecule has 0 aromatic heterocycles. The van der Waals surface area contributed by atoms with Crippen LogP contribution in [-0.2, 0) is 6.42 Å². The van der Waals surface area contributed by atoms with Gasteiger partial charge in [0.15, 0.2) is 0 Å². The van der Waals surface area contributed by atoms with E-state index in [0.29, 0.717) is 0 Å². The van der Waals surface area contributed by atoms with E-state index in [1.165, 1.54) is 5.56 Å². The molecule has 18 heavy (non-hydrogen) atoms. The summed E-state index contributed by atoms with van der Waals surface area (Å²) in [6.07, 6.45) is 0.792. The van der Waals surface area contributed by atoms with Crippen LogP contribution in [0.4, 0.5) is 0 Å². The van der Waals surface area contributed by atoms with Crippen LogP contribution < -0.4 is 9.47 Å². The summed E-state index contributed by atoms with van der Waals surface area (Å²) in [5.41, 5.74) is 2.30. The van der Waals surface area contributed by atoms with Crippen LogP contribution >= 0.6 is 15.9 Å². The Morgan fingerprint density at radius 1 is 0.944 bits per heavy atom. The molecule has 0 aliphatic heterocycles. The number of methoxy groups -OCH3 is 2. The zero-order valence-electron chi connectivity index (χ0n) is 10.4. The van der Waals surface area contributed by atoms with Crippen LogP contribution in [0.1, 0.15) is 11.1 Å². The van der Waals surface area contributed by atoms with Gasteiger partial charge in [0.25, 0.3) is 0 Å². The van der Waals surface area contributed by atoms with Crippen molar-refractivity contribution in [3.05, 3.63) is 58.1 Å². The van der Waals surface area contributed by atoms with Crippen molar-refractivity contribution >= 4 is 15.9 Å². The minimum atomic E-state index is 0.792. The normalized spacial score (nSPS) is 10.2. The second-order valence-corrected chi connectivity index (χ2v) is 4.87. The average Bonchev–Trinajstić information content (AvgIpc) is 2.41. The van der Waals surface area contributed by atoms with Crippen LogP contribution in [0.3, 0.4) is 0 Å². The summed E-state index contributed by atoms with van der Waals surface area (Å²) in [6, 6.07) is 14.2. The minimum Gasteiger partial charge on any atom is -0.496 e. The first kappa shape index (κ1) is 13.0. The number of hydrogen-bond acceptors (Lipinski definition) is 2. The number of halogens is 1. The molecule has 0 aliphatic rings. The molecule has 0 amide bonds. The second-order valence-electron chi connectivity index (χ2n) is 3.95. The van der Waals surface area contributed by atoms with Gasteiger partial charge in [0.05, 0.1) is 14.2 Å². The van der Waals surface area contributed by atoms with Crippen molar-refractivity contribution in [3.8, 4) is 11.5 Å². The Hall–Kier alpha value is -1.48. The molecule has 2 rings (SSSR count). The lowest BCUT2D eigenvalue weighted by Gasteiger charge is -2.14. The Balaban J connectivity index is 2.42. The highest BCUT2D eigenvalue weighted by molar-refractivity contribution is 9.10. The van der Waals surface area contributed by atoms with E-state index in [-0.39, 0.29) is 0 Å². The predicted octanol–water partition coefficient (Wildman–Crippen LogP) is 4.06. The van der Waals surface area contributed by atoms with Gasteiger partial charge in [0, 0.05) is 16.5 Å². The zero-order chi connectivity index (χ0) is 13.0. The van der Waals surface area contributed by atoms with E-state index < -0.39 is 0 Å². The third-order valence-corrected chi connectivity index (χ3v) is 3.25. The van der Waals surface area contributed by atoms with E-state index in [9.17, 15) is 0 Å². The van der Waals surface area contributed by atoms with Gasteiger partial charge in [-0.2, -0.15) is 0 Å². The van der Waals surface area contributed by atoms with Crippen molar-refractivity contribution in [1.29, 1.82) is 0 Å². The van der Waals surface area contributed by atoms with Gasteiger partial charge in [-0.05, 0) is 17.7 Å². The molecular formula is C15H15BrO2. The van der Waals surface area contributed by atoms with Gasteiger partial charge in [-0.1, -0.05) is 46.3 Å². The quantitative estimate of drug-likeness (QED) is 0.848. The van der Waals surface area contributed by atoms with Crippen LogP contribution in [-0.4, -0.2) is 14.2 Å². The van der Waals surface area contributed by atoms with E-state index in [2.05, 4.69) is 28.1 Å². The summed E-state index contributed by atoms with van der Waals surface area (Å²) in [5.74, 6) is 1.68. The molecule has 0 aliphatic carbocycles. The Labute approximate surface area is 116 Å². The molecule has 2 aromatic carbocycles. The summed E-state index contributed by atoms with van der Waals surface area (Å²) < 4.78 is 11.8. The Morgan fingerprint density at radius 2 is 1.50 bits per heavy atom. The third-order valence-electron chi connectivity index (χ3n) is 2.80. The first-order chi connectivity index (χ1) is 8.74. The van der Waals surface area contributed by atoms with Crippen molar-refractivity contribution < 1.29 is 9.47 Å². The highest BCUT2D eigenvalue weighted by Gasteiger charge is 2.12. The molecule has 0 fully saturated rings. The van der Waals surface area contributed by atoms with Gasteiger partial charge in [0.2, 0.25) is 0 Å². The van der Waals surface area contributed by atoms with Crippen molar-refractivity contribution in [2.24, 2.45) is 0 Å². The largest absolute Gasteiger partial charge is 0.496 e. The molecule has 2 nitrogen and oxygen atoms in total. The van der Waals surface area contributed by atoms with Gasteiger partial charge in [0.1, 0.15) is 11.5 Å². The third kappa shape index (κ3) is 2.85. The van der Waals surface area contributed by atoms with E-state index in [1.807, 2.05) is 30.3 Å². The van der Waals surface area contributed by atoms with Gasteiger partial charge in [-0.15, -0.1) is 0 Å². The molecular weight excluding hydrogens is 292 g/mol. The molecule has 2 aromatic rings. The summed E-state index contributed by atoms with van der Waals surface area (Å²) >= 11 is 3.45. The number of benzene rings is 2. The lowest BCUT2D eigenvalue weighted by Crippen LogP contribution is -1.98.